The Morgan fingerprint density at radius 1 is 1.54 bits per heavy atom. The molecule has 0 aliphatic carbocycles. The van der Waals surface area contributed by atoms with Crippen molar-refractivity contribution < 1.29 is 0 Å². The van der Waals surface area contributed by atoms with Gasteiger partial charge >= 0.3 is 0 Å². The van der Waals surface area contributed by atoms with E-state index < -0.39 is 0 Å². The highest BCUT2D eigenvalue weighted by atomic mass is 15.1. The fourth-order valence-electron chi connectivity index (χ4n) is 1.12. The first-order valence-electron chi connectivity index (χ1n) is 3.74. The van der Waals surface area contributed by atoms with E-state index in [4.69, 9.17) is 5.26 Å². The number of aromatic nitrogens is 4. The van der Waals surface area contributed by atoms with Gasteiger partial charge in [-0.3, -0.25) is 0 Å². The fourth-order valence-corrected chi connectivity index (χ4v) is 1.12. The average Bonchev–Trinajstić information content (AvgIpc) is 2.72. The molecule has 5 heteroatoms. The van der Waals surface area contributed by atoms with Crippen molar-refractivity contribution in [2.75, 3.05) is 0 Å². The van der Waals surface area contributed by atoms with Crippen LogP contribution in [0, 0.1) is 11.3 Å². The lowest BCUT2D eigenvalue weighted by Crippen LogP contribution is -1.96. The summed E-state index contributed by atoms with van der Waals surface area (Å²) in [6.07, 6.45) is 4.89. The van der Waals surface area contributed by atoms with Gasteiger partial charge in [0, 0.05) is 19.4 Å². The summed E-state index contributed by atoms with van der Waals surface area (Å²) in [5, 5.41) is 8.69. The van der Waals surface area contributed by atoms with E-state index in [1.54, 1.807) is 24.0 Å². The maximum absolute atomic E-state index is 8.69. The normalized spacial score (nSPS) is 9.85. The summed E-state index contributed by atoms with van der Waals surface area (Å²) >= 11 is 0. The minimum absolute atomic E-state index is 0.520. The zero-order chi connectivity index (χ0) is 9.26. The van der Waals surface area contributed by atoms with E-state index in [9.17, 15) is 0 Å². The van der Waals surface area contributed by atoms with Crippen LogP contribution in [0.1, 0.15) is 5.69 Å². The smallest absolute Gasteiger partial charge is 0.176 e. The van der Waals surface area contributed by atoms with Crippen LogP contribution >= 0.6 is 0 Å². The van der Waals surface area contributed by atoms with Crippen LogP contribution < -0.4 is 0 Å². The summed E-state index contributed by atoms with van der Waals surface area (Å²) in [4.78, 5) is 11.1. The molecule has 0 spiro atoms. The first-order valence-corrected chi connectivity index (χ1v) is 3.74. The minimum atomic E-state index is 0.520. The molecule has 0 saturated heterocycles. The summed E-state index contributed by atoms with van der Waals surface area (Å²) < 4.78 is 1.69. The van der Waals surface area contributed by atoms with Crippen molar-refractivity contribution in [1.82, 2.24) is 19.5 Å². The van der Waals surface area contributed by atoms with Crippen LogP contribution in [0.5, 0.6) is 0 Å². The highest BCUT2D eigenvalue weighted by Gasteiger charge is 2.08. The third kappa shape index (κ3) is 1.08. The number of aromatic amines is 1. The molecule has 13 heavy (non-hydrogen) atoms. The third-order valence-corrected chi connectivity index (χ3v) is 1.81. The molecule has 0 saturated carbocycles. The van der Waals surface area contributed by atoms with Gasteiger partial charge in [-0.05, 0) is 0 Å². The molecule has 0 bridgehead atoms. The van der Waals surface area contributed by atoms with Crippen molar-refractivity contribution >= 4 is 0 Å². The van der Waals surface area contributed by atoms with Crippen LogP contribution in [0.25, 0.3) is 11.6 Å². The van der Waals surface area contributed by atoms with Gasteiger partial charge < -0.3 is 9.55 Å². The lowest BCUT2D eigenvalue weighted by atomic mass is 10.5. The van der Waals surface area contributed by atoms with E-state index in [1.807, 2.05) is 6.07 Å². The van der Waals surface area contributed by atoms with Gasteiger partial charge in [-0.25, -0.2) is 9.97 Å². The molecule has 0 aliphatic heterocycles. The molecule has 2 aromatic heterocycles. The second-order valence-corrected chi connectivity index (χ2v) is 2.58. The molecule has 0 radical (unpaired) electrons. The summed E-state index contributed by atoms with van der Waals surface area (Å²) in [5.41, 5.74) is 0.520. The number of rotatable bonds is 1. The van der Waals surface area contributed by atoms with Gasteiger partial charge in [0.2, 0.25) is 0 Å². The monoisotopic (exact) mass is 173 g/mol. The topological polar surface area (TPSA) is 70.3 Å². The van der Waals surface area contributed by atoms with E-state index in [1.165, 1.54) is 6.20 Å². The van der Waals surface area contributed by atoms with E-state index in [-0.39, 0.29) is 0 Å². The van der Waals surface area contributed by atoms with Crippen LogP contribution in [0.2, 0.25) is 0 Å². The molecular formula is C8H7N5. The van der Waals surface area contributed by atoms with E-state index in [0.29, 0.717) is 17.3 Å². The van der Waals surface area contributed by atoms with E-state index in [0.717, 1.165) is 0 Å². The van der Waals surface area contributed by atoms with Crippen molar-refractivity contribution in [3.63, 3.8) is 0 Å². The molecule has 0 atom stereocenters. The zero-order valence-electron chi connectivity index (χ0n) is 7.02. The predicted molar refractivity (Wildman–Crippen MR) is 45.5 cm³/mol. The molecule has 0 aromatic carbocycles. The maximum Gasteiger partial charge on any atom is 0.176 e. The van der Waals surface area contributed by atoms with Crippen molar-refractivity contribution in [2.24, 2.45) is 7.05 Å². The van der Waals surface area contributed by atoms with Crippen molar-refractivity contribution in [1.29, 1.82) is 5.26 Å². The maximum atomic E-state index is 8.69. The molecule has 1 N–H and O–H groups in total. The number of nitrogens with one attached hydrogen (secondary N) is 1. The highest BCUT2D eigenvalue weighted by Crippen LogP contribution is 2.12. The molecular weight excluding hydrogens is 166 g/mol. The van der Waals surface area contributed by atoms with Crippen LogP contribution in [0.4, 0.5) is 0 Å². The van der Waals surface area contributed by atoms with E-state index >= 15 is 0 Å². The number of hydrogen-bond acceptors (Lipinski definition) is 3. The Balaban J connectivity index is 2.55. The molecule has 2 aromatic rings. The Morgan fingerprint density at radius 2 is 2.38 bits per heavy atom. The number of hydrogen-bond donors (Lipinski definition) is 1. The standard InChI is InChI=1S/C8H7N5/c1-13-6(4-9)5-12-8(13)7-10-2-3-11-7/h2-3,5H,1H3,(H,10,11). The van der Waals surface area contributed by atoms with Crippen LogP contribution in [-0.2, 0) is 7.05 Å². The van der Waals surface area contributed by atoms with Gasteiger partial charge in [0.25, 0.3) is 0 Å². The third-order valence-electron chi connectivity index (χ3n) is 1.81. The second-order valence-electron chi connectivity index (χ2n) is 2.58. The average molecular weight is 173 g/mol. The van der Waals surface area contributed by atoms with Gasteiger partial charge in [-0.15, -0.1) is 0 Å². The van der Waals surface area contributed by atoms with Crippen LogP contribution in [0.3, 0.4) is 0 Å². The van der Waals surface area contributed by atoms with Gasteiger partial charge in [-0.2, -0.15) is 5.26 Å². The Bertz CT molecular complexity index is 445. The quantitative estimate of drug-likeness (QED) is 0.689. The number of nitrogens with zero attached hydrogens (tertiary/aromatic N) is 4. The molecule has 2 rings (SSSR count). The molecule has 0 aliphatic rings. The van der Waals surface area contributed by atoms with Gasteiger partial charge in [-0.1, -0.05) is 0 Å². The number of H-pyrrole nitrogens is 1. The van der Waals surface area contributed by atoms with Crippen molar-refractivity contribution in [2.45, 2.75) is 0 Å². The SMILES string of the molecule is Cn1c(C#N)cnc1-c1ncc[nH]1. The largest absolute Gasteiger partial charge is 0.342 e. The summed E-state index contributed by atoms with van der Waals surface area (Å²) in [6, 6.07) is 2.04. The molecule has 2 heterocycles. The molecule has 0 unspecified atom stereocenters. The van der Waals surface area contributed by atoms with Crippen molar-refractivity contribution in [3.8, 4) is 17.7 Å². The summed E-state index contributed by atoms with van der Waals surface area (Å²) in [7, 11) is 1.78. The lowest BCUT2D eigenvalue weighted by molar-refractivity contribution is 0.896. The Hall–Kier alpha value is -2.09. The minimum Gasteiger partial charge on any atom is -0.342 e. The van der Waals surface area contributed by atoms with Gasteiger partial charge in [0.05, 0.1) is 6.20 Å². The zero-order valence-corrected chi connectivity index (χ0v) is 7.02. The van der Waals surface area contributed by atoms with Crippen molar-refractivity contribution in [3.05, 3.63) is 24.3 Å². The van der Waals surface area contributed by atoms with Gasteiger partial charge in [0.1, 0.15) is 11.8 Å². The number of nitriles is 1. The Kier molecular flexibility index (Phi) is 1.60. The molecule has 0 fully saturated rings. The molecule has 0 amide bonds. The Morgan fingerprint density at radius 3 is 2.92 bits per heavy atom. The molecule has 5 nitrogen and oxygen atoms in total. The lowest BCUT2D eigenvalue weighted by Gasteiger charge is -1.96. The Labute approximate surface area is 74.7 Å². The first kappa shape index (κ1) is 7.55. The van der Waals surface area contributed by atoms with Crippen LogP contribution in [0.15, 0.2) is 18.6 Å². The predicted octanol–water partition coefficient (Wildman–Crippen LogP) is 0.682. The van der Waals surface area contributed by atoms with Crippen LogP contribution in [-0.4, -0.2) is 19.5 Å². The summed E-state index contributed by atoms with van der Waals surface area (Å²) in [5.74, 6) is 1.34. The van der Waals surface area contributed by atoms with E-state index in [2.05, 4.69) is 15.0 Å². The number of imidazole rings is 2. The summed E-state index contributed by atoms with van der Waals surface area (Å²) in [6.45, 7) is 0. The highest BCUT2D eigenvalue weighted by molar-refractivity contribution is 5.46. The second kappa shape index (κ2) is 2.75. The fraction of sp³-hybridized carbons (Fsp3) is 0.125. The first-order chi connectivity index (χ1) is 6.33. The molecule has 64 valence electrons. The van der Waals surface area contributed by atoms with Gasteiger partial charge in [0.15, 0.2) is 11.6 Å².